The number of carboxylic acid groups (broad SMARTS) is 1. The quantitative estimate of drug-likeness (QED) is 0.702. The molecule has 0 amide bonds. The van der Waals surface area contributed by atoms with E-state index in [0.29, 0.717) is 29.1 Å². The molecular formula is C20H16N2O4. The van der Waals surface area contributed by atoms with Crippen molar-refractivity contribution in [2.45, 2.75) is 26.3 Å². The molecule has 6 heteroatoms. The molecule has 0 saturated carbocycles. The van der Waals surface area contributed by atoms with E-state index in [4.69, 9.17) is 11.0 Å². The summed E-state index contributed by atoms with van der Waals surface area (Å²) in [7, 11) is 0. The fourth-order valence-corrected chi connectivity index (χ4v) is 3.65. The van der Waals surface area contributed by atoms with Crippen molar-refractivity contribution in [2.24, 2.45) is 5.92 Å². The third-order valence-corrected chi connectivity index (χ3v) is 4.99. The summed E-state index contributed by atoms with van der Waals surface area (Å²) in [4.78, 5) is 27.1. The molecule has 0 bridgehead atoms. The lowest BCUT2D eigenvalue weighted by Gasteiger charge is -2.31. The summed E-state index contributed by atoms with van der Waals surface area (Å²) in [5.74, 6) is -0.420. The minimum absolute atomic E-state index is 0.0116. The second kappa shape index (κ2) is 5.60. The zero-order valence-electron chi connectivity index (χ0n) is 14.3. The summed E-state index contributed by atoms with van der Waals surface area (Å²) in [5, 5.41) is 10.2. The van der Waals surface area contributed by atoms with E-state index in [1.165, 1.54) is 12.3 Å². The Hall–Kier alpha value is -3.33. The number of aromatic carboxylic acids is 1. The summed E-state index contributed by atoms with van der Waals surface area (Å²) in [6, 6.07) is 6.68. The Bertz CT molecular complexity index is 1160. The normalized spacial score (nSPS) is 15.5. The van der Waals surface area contributed by atoms with Crippen LogP contribution in [0.25, 0.3) is 27.3 Å². The molecule has 1 aromatic carbocycles. The van der Waals surface area contributed by atoms with Crippen LogP contribution in [-0.4, -0.2) is 15.6 Å². The molecule has 0 fully saturated rings. The number of benzene rings is 1. The van der Waals surface area contributed by atoms with Gasteiger partial charge >= 0.3 is 5.97 Å². The Kier molecular flexibility index (Phi) is 3.48. The van der Waals surface area contributed by atoms with E-state index in [1.807, 2.05) is 10.6 Å². The first-order valence-corrected chi connectivity index (χ1v) is 8.33. The molecule has 4 rings (SSSR count). The topological polar surface area (TPSA) is 76.8 Å². The number of aromatic nitrogens is 1. The SMILES string of the molecule is [C-]#[N+]c1ccc2c3c(oc2c1)-c1cc(=O)c(C(=O)O)cn1[C@H](C(C)C)C3. The minimum atomic E-state index is -1.23. The smallest absolute Gasteiger partial charge is 0.341 e. The second-order valence-corrected chi connectivity index (χ2v) is 6.87. The second-order valence-electron chi connectivity index (χ2n) is 6.87. The largest absolute Gasteiger partial charge is 0.477 e. The van der Waals surface area contributed by atoms with Gasteiger partial charge in [-0.3, -0.25) is 4.79 Å². The molecule has 1 N–H and O–H groups in total. The maximum Gasteiger partial charge on any atom is 0.341 e. The van der Waals surface area contributed by atoms with Crippen LogP contribution in [-0.2, 0) is 6.42 Å². The summed E-state index contributed by atoms with van der Waals surface area (Å²) >= 11 is 0. The lowest BCUT2D eigenvalue weighted by Crippen LogP contribution is -2.27. The van der Waals surface area contributed by atoms with Crippen LogP contribution in [0.4, 0.5) is 5.69 Å². The number of hydrogen-bond acceptors (Lipinski definition) is 3. The van der Waals surface area contributed by atoms with Crippen LogP contribution in [0.2, 0.25) is 0 Å². The van der Waals surface area contributed by atoms with Crippen LogP contribution in [0.3, 0.4) is 0 Å². The van der Waals surface area contributed by atoms with Gasteiger partial charge < -0.3 is 14.1 Å². The van der Waals surface area contributed by atoms with Gasteiger partial charge in [0.15, 0.2) is 16.9 Å². The van der Waals surface area contributed by atoms with Gasteiger partial charge in [0, 0.05) is 29.3 Å². The van der Waals surface area contributed by atoms with E-state index >= 15 is 0 Å². The standard InChI is InChI=1S/C20H16N2O4/c1-10(2)15-7-13-12-5-4-11(21-3)6-18(12)26-19(13)16-8-17(23)14(20(24)25)9-22(15)16/h4-6,8-10,15H,7H2,1-2H3,(H,24,25)/t15-/m0/s1. The molecule has 0 spiro atoms. The van der Waals surface area contributed by atoms with E-state index in [-0.39, 0.29) is 17.5 Å². The maximum atomic E-state index is 12.3. The van der Waals surface area contributed by atoms with E-state index in [9.17, 15) is 14.7 Å². The average molecular weight is 348 g/mol. The lowest BCUT2D eigenvalue weighted by atomic mass is 9.89. The van der Waals surface area contributed by atoms with Crippen molar-refractivity contribution >= 4 is 22.6 Å². The number of pyridine rings is 1. The van der Waals surface area contributed by atoms with Gasteiger partial charge in [0.2, 0.25) is 0 Å². The minimum Gasteiger partial charge on any atom is -0.477 e. The van der Waals surface area contributed by atoms with Gasteiger partial charge in [0.1, 0.15) is 11.1 Å². The number of rotatable bonds is 2. The van der Waals surface area contributed by atoms with Gasteiger partial charge in [0.25, 0.3) is 0 Å². The first-order valence-electron chi connectivity index (χ1n) is 8.33. The third kappa shape index (κ3) is 2.25. The van der Waals surface area contributed by atoms with Crippen LogP contribution in [0.5, 0.6) is 0 Å². The molecular weight excluding hydrogens is 332 g/mol. The highest BCUT2D eigenvalue weighted by atomic mass is 16.4. The van der Waals surface area contributed by atoms with Crippen LogP contribution in [0.1, 0.15) is 35.8 Å². The molecule has 0 unspecified atom stereocenters. The molecule has 26 heavy (non-hydrogen) atoms. The van der Waals surface area contributed by atoms with Crippen molar-refractivity contribution in [3.63, 3.8) is 0 Å². The van der Waals surface area contributed by atoms with Gasteiger partial charge in [-0.05, 0) is 18.4 Å². The van der Waals surface area contributed by atoms with Gasteiger partial charge in [0.05, 0.1) is 12.3 Å². The van der Waals surface area contributed by atoms with Gasteiger partial charge in [-0.25, -0.2) is 9.64 Å². The Morgan fingerprint density at radius 2 is 2.15 bits per heavy atom. The van der Waals surface area contributed by atoms with E-state index in [0.717, 1.165) is 10.9 Å². The van der Waals surface area contributed by atoms with Crippen molar-refractivity contribution in [1.82, 2.24) is 4.57 Å². The van der Waals surface area contributed by atoms with Crippen molar-refractivity contribution in [3.05, 3.63) is 63.2 Å². The van der Waals surface area contributed by atoms with Gasteiger partial charge in [-0.1, -0.05) is 26.0 Å². The number of nitrogens with zero attached hydrogens (tertiary/aromatic N) is 2. The lowest BCUT2D eigenvalue weighted by molar-refractivity contribution is 0.0694. The maximum absolute atomic E-state index is 12.3. The van der Waals surface area contributed by atoms with Crippen molar-refractivity contribution < 1.29 is 14.3 Å². The highest BCUT2D eigenvalue weighted by Crippen LogP contribution is 2.43. The molecule has 6 nitrogen and oxygen atoms in total. The van der Waals surface area contributed by atoms with Gasteiger partial charge in [-0.15, -0.1) is 0 Å². The fraction of sp³-hybridized carbons (Fsp3) is 0.250. The Labute approximate surface area is 149 Å². The first-order chi connectivity index (χ1) is 12.4. The average Bonchev–Trinajstić information content (AvgIpc) is 2.97. The molecule has 1 aliphatic heterocycles. The van der Waals surface area contributed by atoms with Crippen molar-refractivity contribution in [2.75, 3.05) is 0 Å². The van der Waals surface area contributed by atoms with Crippen molar-refractivity contribution in [1.29, 1.82) is 0 Å². The first kappa shape index (κ1) is 16.2. The van der Waals surface area contributed by atoms with E-state index in [1.54, 1.807) is 12.1 Å². The van der Waals surface area contributed by atoms with Gasteiger partial charge in [-0.2, -0.15) is 0 Å². The van der Waals surface area contributed by atoms with Crippen LogP contribution >= 0.6 is 0 Å². The number of furan rings is 1. The van der Waals surface area contributed by atoms with Crippen LogP contribution in [0, 0.1) is 12.5 Å². The predicted molar refractivity (Wildman–Crippen MR) is 96.7 cm³/mol. The number of hydrogen-bond donors (Lipinski definition) is 1. The number of fused-ring (bicyclic) bond motifs is 5. The Morgan fingerprint density at radius 1 is 1.38 bits per heavy atom. The zero-order chi connectivity index (χ0) is 18.6. The Balaban J connectivity index is 2.05. The molecule has 3 aromatic rings. The molecule has 3 heterocycles. The van der Waals surface area contributed by atoms with Crippen LogP contribution < -0.4 is 5.43 Å². The third-order valence-electron chi connectivity index (χ3n) is 4.99. The monoisotopic (exact) mass is 348 g/mol. The molecule has 2 aromatic heterocycles. The fourth-order valence-electron chi connectivity index (χ4n) is 3.65. The van der Waals surface area contributed by atoms with Crippen LogP contribution in [0.15, 0.2) is 39.7 Å². The molecule has 1 aliphatic rings. The summed E-state index contributed by atoms with van der Waals surface area (Å²) in [5.41, 5.74) is 1.89. The number of carbonyl (C=O) groups is 1. The molecule has 0 radical (unpaired) electrons. The summed E-state index contributed by atoms with van der Waals surface area (Å²) in [6.45, 7) is 11.3. The molecule has 0 saturated heterocycles. The highest BCUT2D eigenvalue weighted by Gasteiger charge is 2.31. The Morgan fingerprint density at radius 3 is 2.81 bits per heavy atom. The zero-order valence-corrected chi connectivity index (χ0v) is 14.3. The van der Waals surface area contributed by atoms with E-state index in [2.05, 4.69) is 18.7 Å². The van der Waals surface area contributed by atoms with Crippen molar-refractivity contribution in [3.8, 4) is 11.5 Å². The summed E-state index contributed by atoms with van der Waals surface area (Å²) in [6.07, 6.45) is 2.09. The number of carboxylic acids is 1. The molecule has 1 atom stereocenters. The predicted octanol–water partition coefficient (Wildman–Crippen LogP) is 4.26. The molecule has 130 valence electrons. The molecule has 0 aliphatic carbocycles. The van der Waals surface area contributed by atoms with E-state index < -0.39 is 11.4 Å². The summed E-state index contributed by atoms with van der Waals surface area (Å²) < 4.78 is 7.84. The highest BCUT2D eigenvalue weighted by molar-refractivity contribution is 5.91.